The molecule has 3 rings (SSSR count). The van der Waals surface area contributed by atoms with Crippen LogP contribution in [0, 0.1) is 11.8 Å². The van der Waals surface area contributed by atoms with Crippen LogP contribution >= 0.6 is 0 Å². The fourth-order valence-corrected chi connectivity index (χ4v) is 4.06. The van der Waals surface area contributed by atoms with Gasteiger partial charge in [0, 0.05) is 6.04 Å². The van der Waals surface area contributed by atoms with Gasteiger partial charge in [0.2, 0.25) is 0 Å². The number of phenolic OH excluding ortho intramolecular Hbond substituents is 2. The van der Waals surface area contributed by atoms with Gasteiger partial charge in [0.15, 0.2) is 11.5 Å². The summed E-state index contributed by atoms with van der Waals surface area (Å²) in [6, 6.07) is 4.21. The third-order valence-electron chi connectivity index (χ3n) is 5.29. The van der Waals surface area contributed by atoms with Gasteiger partial charge in [0.05, 0.1) is 0 Å². The van der Waals surface area contributed by atoms with Crippen molar-refractivity contribution in [1.82, 2.24) is 0 Å². The van der Waals surface area contributed by atoms with E-state index in [-0.39, 0.29) is 17.5 Å². The molecule has 0 heterocycles. The maximum absolute atomic E-state index is 11.0. The van der Waals surface area contributed by atoms with Crippen LogP contribution in [0.15, 0.2) is 18.2 Å². The maximum Gasteiger partial charge on any atom is 0.157 e. The van der Waals surface area contributed by atoms with Crippen LogP contribution in [-0.2, 0) is 5.60 Å². The van der Waals surface area contributed by atoms with E-state index in [4.69, 9.17) is 5.73 Å². The summed E-state index contributed by atoms with van der Waals surface area (Å²) < 4.78 is 0. The van der Waals surface area contributed by atoms with Crippen molar-refractivity contribution in [1.29, 1.82) is 0 Å². The van der Waals surface area contributed by atoms with Gasteiger partial charge in [0.1, 0.15) is 5.60 Å². The third-order valence-corrected chi connectivity index (χ3v) is 5.29. The largest absolute Gasteiger partial charge is 0.504 e. The van der Waals surface area contributed by atoms with E-state index in [9.17, 15) is 15.3 Å². The summed E-state index contributed by atoms with van der Waals surface area (Å²) in [5, 5.41) is 30.1. The molecule has 5 N–H and O–H groups in total. The molecule has 0 aliphatic heterocycles. The van der Waals surface area contributed by atoms with E-state index in [2.05, 4.69) is 0 Å². The number of rotatable bonds is 1. The number of benzene rings is 1. The van der Waals surface area contributed by atoms with Crippen LogP contribution in [0.4, 0.5) is 0 Å². The second-order valence-corrected chi connectivity index (χ2v) is 6.48. The number of aliphatic hydroxyl groups is 1. The highest BCUT2D eigenvalue weighted by Gasteiger charge is 2.46. The first-order chi connectivity index (χ1) is 9.50. The van der Waals surface area contributed by atoms with Gasteiger partial charge < -0.3 is 21.1 Å². The Balaban J connectivity index is 1.91. The summed E-state index contributed by atoms with van der Waals surface area (Å²) in [6.45, 7) is 0. The molecule has 2 fully saturated rings. The molecule has 4 atom stereocenters. The van der Waals surface area contributed by atoms with Gasteiger partial charge in [-0.25, -0.2) is 0 Å². The topological polar surface area (TPSA) is 86.7 Å². The highest BCUT2D eigenvalue weighted by atomic mass is 16.3. The lowest BCUT2D eigenvalue weighted by Gasteiger charge is -2.48. The predicted molar refractivity (Wildman–Crippen MR) is 76.3 cm³/mol. The SMILES string of the molecule is N[C@H]1C[C@H]2CCCC[C@H]2C[C@@]1(O)c1ccc(O)c(O)c1. The normalized spacial score (nSPS) is 37.4. The van der Waals surface area contributed by atoms with E-state index in [0.29, 0.717) is 23.8 Å². The Hall–Kier alpha value is -1.26. The van der Waals surface area contributed by atoms with Crippen LogP contribution in [0.2, 0.25) is 0 Å². The second-order valence-electron chi connectivity index (χ2n) is 6.48. The van der Waals surface area contributed by atoms with Crippen LogP contribution in [0.5, 0.6) is 11.5 Å². The lowest BCUT2D eigenvalue weighted by molar-refractivity contribution is -0.0667. The van der Waals surface area contributed by atoms with Crippen LogP contribution < -0.4 is 5.73 Å². The molecule has 0 bridgehead atoms. The van der Waals surface area contributed by atoms with E-state index in [0.717, 1.165) is 12.8 Å². The van der Waals surface area contributed by atoms with E-state index < -0.39 is 5.60 Å². The van der Waals surface area contributed by atoms with Crippen molar-refractivity contribution in [2.45, 2.75) is 50.2 Å². The number of hydrogen-bond acceptors (Lipinski definition) is 4. The first kappa shape index (κ1) is 13.7. The average molecular weight is 277 g/mol. The van der Waals surface area contributed by atoms with Crippen LogP contribution in [0.3, 0.4) is 0 Å². The fourth-order valence-electron chi connectivity index (χ4n) is 4.06. The van der Waals surface area contributed by atoms with Crippen molar-refractivity contribution in [2.75, 3.05) is 0 Å². The van der Waals surface area contributed by atoms with E-state index in [1.165, 1.54) is 31.4 Å². The zero-order valence-electron chi connectivity index (χ0n) is 11.6. The van der Waals surface area contributed by atoms with Crippen LogP contribution in [0.25, 0.3) is 0 Å². The summed E-state index contributed by atoms with van der Waals surface area (Å²) in [6.07, 6.45) is 6.37. The summed E-state index contributed by atoms with van der Waals surface area (Å²) >= 11 is 0. The minimum Gasteiger partial charge on any atom is -0.504 e. The number of aromatic hydroxyl groups is 2. The molecule has 2 saturated carbocycles. The number of fused-ring (bicyclic) bond motifs is 1. The Morgan fingerprint density at radius 1 is 1.05 bits per heavy atom. The van der Waals surface area contributed by atoms with Gasteiger partial charge >= 0.3 is 0 Å². The predicted octanol–water partition coefficient (Wildman–Crippen LogP) is 2.21. The summed E-state index contributed by atoms with van der Waals surface area (Å²) in [7, 11) is 0. The summed E-state index contributed by atoms with van der Waals surface area (Å²) in [5.74, 6) is 0.778. The van der Waals surface area contributed by atoms with Gasteiger partial charge in [-0.05, 0) is 42.4 Å². The molecule has 0 aromatic heterocycles. The van der Waals surface area contributed by atoms with Gasteiger partial charge in [-0.2, -0.15) is 0 Å². The molecule has 1 aromatic rings. The molecule has 20 heavy (non-hydrogen) atoms. The van der Waals surface area contributed by atoms with Crippen molar-refractivity contribution >= 4 is 0 Å². The van der Waals surface area contributed by atoms with E-state index in [1.807, 2.05) is 0 Å². The lowest BCUT2D eigenvalue weighted by atomic mass is 9.62. The van der Waals surface area contributed by atoms with Crippen molar-refractivity contribution < 1.29 is 15.3 Å². The summed E-state index contributed by atoms with van der Waals surface area (Å²) in [5.41, 5.74) is 5.77. The highest BCUT2D eigenvalue weighted by Crippen LogP contribution is 2.48. The molecule has 0 spiro atoms. The molecule has 4 nitrogen and oxygen atoms in total. The molecular weight excluding hydrogens is 254 g/mol. The molecule has 0 amide bonds. The maximum atomic E-state index is 11.0. The smallest absolute Gasteiger partial charge is 0.157 e. The zero-order valence-corrected chi connectivity index (χ0v) is 11.6. The van der Waals surface area contributed by atoms with Crippen molar-refractivity contribution in [2.24, 2.45) is 17.6 Å². The minimum absolute atomic E-state index is 0.169. The third kappa shape index (κ3) is 2.17. The van der Waals surface area contributed by atoms with Crippen molar-refractivity contribution in [3.63, 3.8) is 0 Å². The van der Waals surface area contributed by atoms with Gasteiger partial charge in [-0.3, -0.25) is 0 Å². The Morgan fingerprint density at radius 2 is 1.75 bits per heavy atom. The molecule has 2 aliphatic carbocycles. The number of phenols is 2. The van der Waals surface area contributed by atoms with Crippen LogP contribution in [0.1, 0.15) is 44.1 Å². The Morgan fingerprint density at radius 3 is 2.45 bits per heavy atom. The molecule has 2 aliphatic rings. The molecule has 0 saturated heterocycles. The van der Waals surface area contributed by atoms with Gasteiger partial charge in [-0.1, -0.05) is 31.7 Å². The average Bonchev–Trinajstić information content (AvgIpc) is 2.43. The molecule has 1 aromatic carbocycles. The number of hydrogen-bond donors (Lipinski definition) is 4. The zero-order chi connectivity index (χ0) is 14.3. The fraction of sp³-hybridized carbons (Fsp3) is 0.625. The van der Waals surface area contributed by atoms with Crippen molar-refractivity contribution in [3.05, 3.63) is 23.8 Å². The monoisotopic (exact) mass is 277 g/mol. The first-order valence-corrected chi connectivity index (χ1v) is 7.51. The van der Waals surface area contributed by atoms with Crippen LogP contribution in [-0.4, -0.2) is 21.4 Å². The Bertz CT molecular complexity index is 504. The van der Waals surface area contributed by atoms with Gasteiger partial charge in [-0.15, -0.1) is 0 Å². The second kappa shape index (κ2) is 4.93. The molecule has 0 radical (unpaired) electrons. The highest BCUT2D eigenvalue weighted by molar-refractivity contribution is 5.43. The Labute approximate surface area is 119 Å². The first-order valence-electron chi connectivity index (χ1n) is 7.51. The van der Waals surface area contributed by atoms with Crippen molar-refractivity contribution in [3.8, 4) is 11.5 Å². The molecule has 0 unspecified atom stereocenters. The number of nitrogens with two attached hydrogens (primary N) is 1. The lowest BCUT2D eigenvalue weighted by Crippen LogP contribution is -2.53. The quantitative estimate of drug-likeness (QED) is 0.593. The molecular formula is C16H23NO3. The molecule has 110 valence electrons. The Kier molecular flexibility index (Phi) is 3.38. The summed E-state index contributed by atoms with van der Waals surface area (Å²) in [4.78, 5) is 0. The van der Waals surface area contributed by atoms with E-state index >= 15 is 0 Å². The minimum atomic E-state index is -1.09. The standard InChI is InChI=1S/C16H23NO3/c17-15-7-10-3-1-2-4-11(10)9-16(15,20)12-5-6-13(18)14(19)8-12/h5-6,8,10-11,15,18-20H,1-4,7,9,17H2/t10-,11+,15+,16-/m1/s1. The molecule has 4 heteroatoms. The van der Waals surface area contributed by atoms with Gasteiger partial charge in [0.25, 0.3) is 0 Å². The van der Waals surface area contributed by atoms with E-state index in [1.54, 1.807) is 6.07 Å².